The van der Waals surface area contributed by atoms with Crippen molar-refractivity contribution in [1.29, 1.82) is 0 Å². The summed E-state index contributed by atoms with van der Waals surface area (Å²) < 4.78 is 37.2. The predicted octanol–water partition coefficient (Wildman–Crippen LogP) is 4.02. The first-order chi connectivity index (χ1) is 16.2. The molecular weight excluding hydrogens is 454 g/mol. The highest BCUT2D eigenvalue weighted by Gasteiger charge is 2.32. The number of nitrogens with one attached hydrogen (secondary N) is 1. The Balaban J connectivity index is 1.58. The van der Waals surface area contributed by atoms with Crippen LogP contribution >= 0.6 is 0 Å². The fourth-order valence-corrected chi connectivity index (χ4v) is 5.61. The van der Waals surface area contributed by atoms with Gasteiger partial charge in [0.15, 0.2) is 16.4 Å². The van der Waals surface area contributed by atoms with E-state index in [1.807, 2.05) is 57.2 Å². The molecule has 2 heterocycles. The van der Waals surface area contributed by atoms with Crippen LogP contribution in [0.4, 0.5) is 5.82 Å². The highest BCUT2D eigenvalue weighted by Crippen LogP contribution is 2.32. The lowest BCUT2D eigenvalue weighted by Gasteiger charge is -2.14. The van der Waals surface area contributed by atoms with Crippen molar-refractivity contribution >= 4 is 21.6 Å². The van der Waals surface area contributed by atoms with Crippen LogP contribution < -0.4 is 14.8 Å². The summed E-state index contributed by atoms with van der Waals surface area (Å²) in [5, 5.41) is 7.53. The van der Waals surface area contributed by atoms with Gasteiger partial charge >= 0.3 is 0 Å². The summed E-state index contributed by atoms with van der Waals surface area (Å²) in [7, 11) is -3.13. The molecule has 1 aliphatic rings. The van der Waals surface area contributed by atoms with Gasteiger partial charge in [0, 0.05) is 11.6 Å². The van der Waals surface area contributed by atoms with Gasteiger partial charge in [-0.2, -0.15) is 5.10 Å². The third kappa shape index (κ3) is 5.77. The first-order valence-corrected chi connectivity index (χ1v) is 13.1. The van der Waals surface area contributed by atoms with E-state index in [0.29, 0.717) is 23.7 Å². The third-order valence-corrected chi connectivity index (χ3v) is 7.25. The van der Waals surface area contributed by atoms with Gasteiger partial charge in [-0.15, -0.1) is 0 Å². The van der Waals surface area contributed by atoms with Crippen molar-refractivity contribution in [3.63, 3.8) is 0 Å². The number of amides is 1. The number of rotatable bonds is 8. The summed E-state index contributed by atoms with van der Waals surface area (Å²) in [6, 6.07) is 16.3. The lowest BCUT2D eigenvalue weighted by molar-refractivity contribution is -0.118. The number of benzene rings is 2. The summed E-state index contributed by atoms with van der Waals surface area (Å²) in [5.74, 6) is 1.59. The number of carbonyl (C=O) groups is 1. The molecule has 0 spiro atoms. The van der Waals surface area contributed by atoms with Gasteiger partial charge in [-0.1, -0.05) is 18.2 Å². The molecule has 0 aliphatic carbocycles. The Labute approximate surface area is 199 Å². The molecule has 1 aliphatic heterocycles. The second-order valence-corrected chi connectivity index (χ2v) is 10.9. The average molecular weight is 484 g/mol. The van der Waals surface area contributed by atoms with E-state index in [4.69, 9.17) is 9.47 Å². The Bertz CT molecular complexity index is 1270. The van der Waals surface area contributed by atoms with Crippen molar-refractivity contribution in [2.75, 3.05) is 23.4 Å². The maximum absolute atomic E-state index is 12.6. The predicted molar refractivity (Wildman–Crippen MR) is 131 cm³/mol. The fraction of sp³-hybridized carbons (Fsp3) is 0.360. The van der Waals surface area contributed by atoms with Crippen molar-refractivity contribution in [3.05, 3.63) is 60.2 Å². The van der Waals surface area contributed by atoms with Gasteiger partial charge in [0.25, 0.3) is 5.91 Å². The molecule has 8 nitrogen and oxygen atoms in total. The van der Waals surface area contributed by atoms with Crippen LogP contribution in [0.25, 0.3) is 11.3 Å². The maximum atomic E-state index is 12.6. The second kappa shape index (κ2) is 9.89. The Morgan fingerprint density at radius 2 is 1.94 bits per heavy atom. The van der Waals surface area contributed by atoms with Crippen molar-refractivity contribution in [1.82, 2.24) is 9.78 Å². The molecule has 1 amide bonds. The number of carbonyl (C=O) groups excluding carboxylic acids is 1. The molecule has 1 unspecified atom stereocenters. The van der Waals surface area contributed by atoms with Gasteiger partial charge in [-0.25, -0.2) is 13.1 Å². The first kappa shape index (κ1) is 23.8. The standard InChI is InChI=1S/C25H29N3O5S/c1-17(2)33-23-10-9-19(13-18(23)3)22-14-24(28(27-22)20-11-12-34(30,31)16-20)26-25(29)15-32-21-7-5-4-6-8-21/h4-10,13-14,17,20H,11-12,15-16H2,1-3H3,(H,26,29). The van der Waals surface area contributed by atoms with E-state index in [-0.39, 0.29) is 36.2 Å². The lowest BCUT2D eigenvalue weighted by Crippen LogP contribution is -2.23. The third-order valence-electron chi connectivity index (χ3n) is 5.50. The molecule has 0 saturated carbocycles. The van der Waals surface area contributed by atoms with E-state index in [2.05, 4.69) is 10.4 Å². The van der Waals surface area contributed by atoms with Crippen LogP contribution in [-0.4, -0.2) is 48.3 Å². The summed E-state index contributed by atoms with van der Waals surface area (Å²) in [4.78, 5) is 12.6. The minimum Gasteiger partial charge on any atom is -0.491 e. The molecule has 1 atom stereocenters. The van der Waals surface area contributed by atoms with Gasteiger partial charge in [0.2, 0.25) is 0 Å². The Morgan fingerprint density at radius 3 is 2.59 bits per heavy atom. The van der Waals surface area contributed by atoms with Crippen molar-refractivity contribution in [2.24, 2.45) is 0 Å². The van der Waals surface area contributed by atoms with E-state index in [1.165, 1.54) is 0 Å². The molecule has 3 aromatic rings. The van der Waals surface area contributed by atoms with E-state index >= 15 is 0 Å². The fourth-order valence-electron chi connectivity index (χ4n) is 3.91. The molecule has 0 bridgehead atoms. The molecule has 1 aromatic heterocycles. The van der Waals surface area contributed by atoms with E-state index in [0.717, 1.165) is 16.9 Å². The van der Waals surface area contributed by atoms with Crippen LogP contribution in [0.5, 0.6) is 11.5 Å². The lowest BCUT2D eigenvalue weighted by atomic mass is 10.1. The molecular formula is C25H29N3O5S. The number of anilines is 1. The zero-order valence-corrected chi connectivity index (χ0v) is 20.3. The molecule has 1 saturated heterocycles. The molecule has 0 radical (unpaired) electrons. The van der Waals surface area contributed by atoms with Crippen LogP contribution in [0.15, 0.2) is 54.6 Å². The average Bonchev–Trinajstić information content (AvgIpc) is 3.37. The van der Waals surface area contributed by atoms with Crippen LogP contribution in [0.3, 0.4) is 0 Å². The van der Waals surface area contributed by atoms with Gasteiger partial charge in [-0.05, 0) is 63.1 Å². The Morgan fingerprint density at radius 1 is 1.18 bits per heavy atom. The molecule has 1 fully saturated rings. The summed E-state index contributed by atoms with van der Waals surface area (Å²) in [5.41, 5.74) is 2.46. The summed E-state index contributed by atoms with van der Waals surface area (Å²) in [6.07, 6.45) is 0.514. The van der Waals surface area contributed by atoms with Crippen LogP contribution in [0.2, 0.25) is 0 Å². The topological polar surface area (TPSA) is 99.5 Å². The Hall–Kier alpha value is -3.33. The number of hydrogen-bond donors (Lipinski definition) is 1. The van der Waals surface area contributed by atoms with E-state index in [9.17, 15) is 13.2 Å². The summed E-state index contributed by atoms with van der Waals surface area (Å²) >= 11 is 0. The van der Waals surface area contributed by atoms with Gasteiger partial charge in [0.05, 0.1) is 29.3 Å². The smallest absolute Gasteiger partial charge is 0.263 e. The largest absolute Gasteiger partial charge is 0.491 e. The van der Waals surface area contributed by atoms with Crippen molar-refractivity contribution in [3.8, 4) is 22.8 Å². The zero-order valence-electron chi connectivity index (χ0n) is 19.5. The number of nitrogens with zero attached hydrogens (tertiary/aromatic N) is 2. The van der Waals surface area contributed by atoms with E-state index in [1.54, 1.807) is 22.9 Å². The molecule has 1 N–H and O–H groups in total. The van der Waals surface area contributed by atoms with Crippen molar-refractivity contribution in [2.45, 2.75) is 39.3 Å². The summed E-state index contributed by atoms with van der Waals surface area (Å²) in [6.45, 7) is 5.74. The molecule has 2 aromatic carbocycles. The number of para-hydroxylation sites is 1. The van der Waals surface area contributed by atoms with Crippen LogP contribution in [0.1, 0.15) is 31.9 Å². The Kier molecular flexibility index (Phi) is 6.92. The second-order valence-electron chi connectivity index (χ2n) is 8.71. The maximum Gasteiger partial charge on any atom is 0.263 e. The number of aromatic nitrogens is 2. The number of aryl methyl sites for hydroxylation is 1. The van der Waals surface area contributed by atoms with Crippen LogP contribution in [0, 0.1) is 6.92 Å². The van der Waals surface area contributed by atoms with Gasteiger partial charge < -0.3 is 14.8 Å². The normalized spacial score (nSPS) is 17.0. The molecule has 4 rings (SSSR count). The quantitative estimate of drug-likeness (QED) is 0.519. The SMILES string of the molecule is Cc1cc(-c2cc(NC(=O)COc3ccccc3)n(C3CCS(=O)(=O)C3)n2)ccc1OC(C)C. The minimum absolute atomic E-state index is 0.00228. The van der Waals surface area contributed by atoms with Crippen molar-refractivity contribution < 1.29 is 22.7 Å². The van der Waals surface area contributed by atoms with Gasteiger partial charge in [-0.3, -0.25) is 4.79 Å². The number of sulfone groups is 1. The van der Waals surface area contributed by atoms with E-state index < -0.39 is 9.84 Å². The first-order valence-electron chi connectivity index (χ1n) is 11.3. The number of ether oxygens (including phenoxy) is 2. The zero-order chi connectivity index (χ0) is 24.3. The highest BCUT2D eigenvalue weighted by molar-refractivity contribution is 7.91. The number of hydrogen-bond acceptors (Lipinski definition) is 6. The molecule has 34 heavy (non-hydrogen) atoms. The molecule has 180 valence electrons. The highest BCUT2D eigenvalue weighted by atomic mass is 32.2. The van der Waals surface area contributed by atoms with Crippen LogP contribution in [-0.2, 0) is 14.6 Å². The molecule has 9 heteroatoms. The monoisotopic (exact) mass is 483 g/mol. The van der Waals surface area contributed by atoms with Gasteiger partial charge in [0.1, 0.15) is 17.3 Å². The minimum atomic E-state index is -3.13.